The molecule has 0 fully saturated rings. The van der Waals surface area contributed by atoms with Crippen LogP contribution in [0.1, 0.15) is 20.8 Å². The molecule has 0 amide bonds. The molecule has 17 heavy (non-hydrogen) atoms. The molecule has 0 aliphatic heterocycles. The van der Waals surface area contributed by atoms with Gasteiger partial charge in [-0.3, -0.25) is 10.1 Å². The molecule has 1 rings (SSSR count). The van der Waals surface area contributed by atoms with Crippen molar-refractivity contribution in [3.05, 3.63) is 28.4 Å². The molecular formula is C11H17N3O3. The van der Waals surface area contributed by atoms with E-state index in [1.54, 1.807) is 6.07 Å². The Morgan fingerprint density at radius 3 is 2.71 bits per heavy atom. The zero-order chi connectivity index (χ0) is 12.9. The minimum atomic E-state index is -0.471. The van der Waals surface area contributed by atoms with Gasteiger partial charge >= 0.3 is 0 Å². The van der Waals surface area contributed by atoms with Gasteiger partial charge in [-0.1, -0.05) is 0 Å². The van der Waals surface area contributed by atoms with E-state index in [4.69, 9.17) is 4.74 Å². The van der Waals surface area contributed by atoms with Crippen molar-refractivity contribution in [1.82, 2.24) is 4.98 Å². The van der Waals surface area contributed by atoms with Gasteiger partial charge in [-0.05, 0) is 26.8 Å². The Hall–Kier alpha value is -1.69. The van der Waals surface area contributed by atoms with Gasteiger partial charge in [0.15, 0.2) is 0 Å². The van der Waals surface area contributed by atoms with Crippen molar-refractivity contribution in [3.8, 4) is 0 Å². The van der Waals surface area contributed by atoms with Crippen LogP contribution in [0.5, 0.6) is 0 Å². The molecule has 0 saturated heterocycles. The summed E-state index contributed by atoms with van der Waals surface area (Å²) in [5, 5.41) is 13.5. The Labute approximate surface area is 100 Å². The summed E-state index contributed by atoms with van der Waals surface area (Å²) in [5.41, 5.74) is -0.308. The van der Waals surface area contributed by atoms with Crippen LogP contribution in [0.3, 0.4) is 0 Å². The van der Waals surface area contributed by atoms with E-state index < -0.39 is 4.92 Å². The van der Waals surface area contributed by atoms with Gasteiger partial charge in [-0.25, -0.2) is 4.98 Å². The van der Waals surface area contributed by atoms with Gasteiger partial charge in [0.05, 0.1) is 10.5 Å². The van der Waals surface area contributed by atoms with E-state index in [-0.39, 0.29) is 11.3 Å². The molecule has 1 aromatic heterocycles. The number of rotatable bonds is 6. The van der Waals surface area contributed by atoms with E-state index in [0.717, 1.165) is 0 Å². The molecule has 6 heteroatoms. The fourth-order valence-corrected chi connectivity index (χ4v) is 1.34. The van der Waals surface area contributed by atoms with Crippen molar-refractivity contribution in [1.29, 1.82) is 0 Å². The minimum Gasteiger partial charge on any atom is -0.374 e. The number of anilines is 1. The van der Waals surface area contributed by atoms with Crippen LogP contribution < -0.4 is 5.32 Å². The molecule has 94 valence electrons. The third-order valence-electron chi connectivity index (χ3n) is 2.19. The lowest BCUT2D eigenvalue weighted by molar-refractivity contribution is -0.385. The third kappa shape index (κ3) is 4.36. The highest BCUT2D eigenvalue weighted by Gasteiger charge is 2.17. The van der Waals surface area contributed by atoms with Crippen molar-refractivity contribution in [2.24, 2.45) is 0 Å². The molecular weight excluding hydrogens is 222 g/mol. The maximum absolute atomic E-state index is 10.4. The smallest absolute Gasteiger partial charge is 0.287 e. The largest absolute Gasteiger partial charge is 0.374 e. The summed E-state index contributed by atoms with van der Waals surface area (Å²) in [6, 6.07) is 3.00. The van der Waals surface area contributed by atoms with Crippen LogP contribution >= 0.6 is 0 Å². The van der Waals surface area contributed by atoms with Gasteiger partial charge in [-0.2, -0.15) is 0 Å². The first-order valence-electron chi connectivity index (χ1n) is 5.43. The first kappa shape index (κ1) is 13.4. The zero-order valence-corrected chi connectivity index (χ0v) is 10.3. The summed E-state index contributed by atoms with van der Waals surface area (Å²) in [4.78, 5) is 13.9. The number of hydrogen-bond donors (Lipinski definition) is 1. The van der Waals surface area contributed by atoms with E-state index in [1.807, 2.05) is 20.8 Å². The van der Waals surface area contributed by atoms with Gasteiger partial charge in [0, 0.05) is 19.2 Å². The number of pyridine rings is 1. The quantitative estimate of drug-likeness (QED) is 0.608. The van der Waals surface area contributed by atoms with Crippen LogP contribution in [-0.4, -0.2) is 28.7 Å². The number of nitro groups is 1. The van der Waals surface area contributed by atoms with Crippen LogP contribution in [0, 0.1) is 10.1 Å². The van der Waals surface area contributed by atoms with Crippen LogP contribution in [0.2, 0.25) is 0 Å². The van der Waals surface area contributed by atoms with Crippen molar-refractivity contribution in [2.45, 2.75) is 26.4 Å². The molecule has 0 unspecified atom stereocenters. The Morgan fingerprint density at radius 2 is 2.24 bits per heavy atom. The monoisotopic (exact) mass is 239 g/mol. The molecule has 0 atom stereocenters. The van der Waals surface area contributed by atoms with Crippen LogP contribution in [0.4, 0.5) is 11.5 Å². The third-order valence-corrected chi connectivity index (χ3v) is 2.19. The second-order valence-electron chi connectivity index (χ2n) is 4.21. The predicted octanol–water partition coefficient (Wildman–Crippen LogP) is 2.22. The zero-order valence-electron chi connectivity index (χ0n) is 10.3. The van der Waals surface area contributed by atoms with E-state index in [1.165, 1.54) is 12.3 Å². The van der Waals surface area contributed by atoms with Crippen molar-refractivity contribution in [2.75, 3.05) is 18.5 Å². The average Bonchev–Trinajstić information content (AvgIpc) is 2.27. The van der Waals surface area contributed by atoms with Gasteiger partial charge in [-0.15, -0.1) is 0 Å². The number of hydrogen-bond acceptors (Lipinski definition) is 5. The molecule has 1 aromatic rings. The van der Waals surface area contributed by atoms with E-state index in [0.29, 0.717) is 19.0 Å². The second-order valence-corrected chi connectivity index (χ2v) is 4.21. The molecule has 6 nitrogen and oxygen atoms in total. The van der Waals surface area contributed by atoms with Crippen molar-refractivity contribution >= 4 is 11.5 Å². The predicted molar refractivity (Wildman–Crippen MR) is 65.1 cm³/mol. The lowest BCUT2D eigenvalue weighted by atomic mass is 10.1. The number of nitrogens with one attached hydrogen (secondary N) is 1. The molecule has 0 aliphatic carbocycles. The Kier molecular flexibility index (Phi) is 4.39. The second kappa shape index (κ2) is 5.58. The van der Waals surface area contributed by atoms with E-state index in [9.17, 15) is 10.1 Å². The minimum absolute atomic E-state index is 0.0142. The van der Waals surface area contributed by atoms with Crippen molar-refractivity contribution < 1.29 is 9.66 Å². The summed E-state index contributed by atoms with van der Waals surface area (Å²) in [5.74, 6) is 0.600. The van der Waals surface area contributed by atoms with Gasteiger partial charge in [0.1, 0.15) is 12.0 Å². The van der Waals surface area contributed by atoms with E-state index in [2.05, 4.69) is 10.3 Å². The molecule has 0 radical (unpaired) electrons. The topological polar surface area (TPSA) is 77.3 Å². The van der Waals surface area contributed by atoms with Crippen molar-refractivity contribution in [3.63, 3.8) is 0 Å². The molecule has 0 bridgehead atoms. The van der Waals surface area contributed by atoms with Gasteiger partial charge in [0.25, 0.3) is 5.69 Å². The molecule has 1 heterocycles. The fraction of sp³-hybridized carbons (Fsp3) is 0.545. The van der Waals surface area contributed by atoms with Gasteiger partial charge < -0.3 is 10.1 Å². The summed E-state index contributed by atoms with van der Waals surface area (Å²) in [7, 11) is 0. The van der Waals surface area contributed by atoms with E-state index >= 15 is 0 Å². The number of nitrogens with zero attached hydrogens (tertiary/aromatic N) is 2. The highest BCUT2D eigenvalue weighted by molar-refractivity contribution is 5.40. The maximum atomic E-state index is 10.4. The van der Waals surface area contributed by atoms with Crippen LogP contribution in [0.25, 0.3) is 0 Å². The summed E-state index contributed by atoms with van der Waals surface area (Å²) in [6.07, 6.45) is 1.23. The SMILES string of the molecule is CCOC(C)(C)CNc1ccc([N+](=O)[O-])cn1. The Bertz CT molecular complexity index is 376. The molecule has 1 N–H and O–H groups in total. The van der Waals surface area contributed by atoms with Crippen LogP contribution in [-0.2, 0) is 4.74 Å². The Balaban J connectivity index is 2.55. The number of aromatic nitrogens is 1. The highest BCUT2D eigenvalue weighted by atomic mass is 16.6. The lowest BCUT2D eigenvalue weighted by Crippen LogP contribution is -2.33. The summed E-state index contributed by atoms with van der Waals surface area (Å²) in [6.45, 7) is 7.10. The molecule has 0 aromatic carbocycles. The first-order chi connectivity index (χ1) is 7.94. The molecule has 0 aliphatic rings. The average molecular weight is 239 g/mol. The first-order valence-corrected chi connectivity index (χ1v) is 5.43. The molecule has 0 spiro atoms. The standard InChI is InChI=1S/C11H17N3O3/c1-4-17-11(2,3)8-13-10-6-5-9(7-12-10)14(15)16/h5-7H,4,8H2,1-3H3,(H,12,13). The van der Waals surface area contributed by atoms with Gasteiger partial charge in [0.2, 0.25) is 0 Å². The normalized spacial score (nSPS) is 11.2. The summed E-state index contributed by atoms with van der Waals surface area (Å²) >= 11 is 0. The lowest BCUT2D eigenvalue weighted by Gasteiger charge is -2.25. The fourth-order valence-electron chi connectivity index (χ4n) is 1.34. The highest BCUT2D eigenvalue weighted by Crippen LogP contribution is 2.14. The summed E-state index contributed by atoms with van der Waals surface area (Å²) < 4.78 is 5.51. The number of ether oxygens (including phenoxy) is 1. The molecule has 0 saturated carbocycles. The van der Waals surface area contributed by atoms with Crippen LogP contribution in [0.15, 0.2) is 18.3 Å². The Morgan fingerprint density at radius 1 is 1.53 bits per heavy atom. The maximum Gasteiger partial charge on any atom is 0.287 e.